The van der Waals surface area contributed by atoms with Crippen LogP contribution in [0.3, 0.4) is 0 Å². The third-order valence-electron chi connectivity index (χ3n) is 4.06. The highest BCUT2D eigenvalue weighted by atomic mass is 16.6. The second kappa shape index (κ2) is 8.38. The molecular formula is C20H21NO5. The van der Waals surface area contributed by atoms with Gasteiger partial charge in [0.05, 0.1) is 6.04 Å². The van der Waals surface area contributed by atoms with E-state index >= 15 is 0 Å². The average molecular weight is 355 g/mol. The molecule has 1 heterocycles. The molecule has 1 amide bonds. The number of alkyl carbamates (subject to hydrolysis) is 1. The van der Waals surface area contributed by atoms with Crippen LogP contribution in [0, 0.1) is 0 Å². The number of amides is 1. The molecule has 1 atom stereocenters. The van der Waals surface area contributed by atoms with Crippen LogP contribution in [0.1, 0.15) is 29.3 Å². The summed E-state index contributed by atoms with van der Waals surface area (Å²) in [6.07, 6.45) is -0.167. The third kappa shape index (κ3) is 4.33. The number of carbonyl (C=O) groups is 2. The molecule has 0 fully saturated rings. The second-order valence-electron chi connectivity index (χ2n) is 5.89. The molecule has 136 valence electrons. The third-order valence-corrected chi connectivity index (χ3v) is 4.06. The van der Waals surface area contributed by atoms with E-state index in [0.29, 0.717) is 36.7 Å². The number of hydrogen-bond acceptors (Lipinski definition) is 5. The first-order valence-corrected chi connectivity index (χ1v) is 8.58. The number of fused-ring (bicyclic) bond motifs is 1. The Hall–Kier alpha value is -3.02. The van der Waals surface area contributed by atoms with Crippen LogP contribution in [0.4, 0.5) is 4.79 Å². The van der Waals surface area contributed by atoms with E-state index in [0.717, 1.165) is 5.56 Å². The number of ketones is 1. The summed E-state index contributed by atoms with van der Waals surface area (Å²) in [4.78, 5) is 24.7. The number of ether oxygens (including phenoxy) is 3. The lowest BCUT2D eigenvalue weighted by Gasteiger charge is -2.20. The van der Waals surface area contributed by atoms with Crippen molar-refractivity contribution in [1.29, 1.82) is 0 Å². The van der Waals surface area contributed by atoms with Crippen LogP contribution >= 0.6 is 0 Å². The van der Waals surface area contributed by atoms with Gasteiger partial charge in [-0.05, 0) is 30.2 Å². The molecule has 0 unspecified atom stereocenters. The lowest BCUT2D eigenvalue weighted by atomic mass is 10.0. The van der Waals surface area contributed by atoms with Crippen molar-refractivity contribution in [3.8, 4) is 11.5 Å². The molecule has 2 aromatic rings. The lowest BCUT2D eigenvalue weighted by molar-refractivity contribution is 0.0913. The number of rotatable bonds is 6. The van der Waals surface area contributed by atoms with Gasteiger partial charge in [0.15, 0.2) is 17.3 Å². The molecule has 1 aliphatic rings. The van der Waals surface area contributed by atoms with Crippen molar-refractivity contribution in [3.63, 3.8) is 0 Å². The molecule has 0 saturated heterocycles. The average Bonchev–Trinajstić information content (AvgIpc) is 2.70. The lowest BCUT2D eigenvalue weighted by Crippen LogP contribution is -2.40. The summed E-state index contributed by atoms with van der Waals surface area (Å²) in [5.74, 6) is 0.973. The van der Waals surface area contributed by atoms with Gasteiger partial charge in [0.2, 0.25) is 0 Å². The smallest absolute Gasteiger partial charge is 0.408 e. The van der Waals surface area contributed by atoms with E-state index < -0.39 is 12.1 Å². The molecule has 0 bridgehead atoms. The topological polar surface area (TPSA) is 73.9 Å². The predicted octanol–water partition coefficient (Wildman–Crippen LogP) is 3.35. The van der Waals surface area contributed by atoms with Gasteiger partial charge in [0.1, 0.15) is 19.8 Å². The van der Waals surface area contributed by atoms with Crippen molar-refractivity contribution in [2.45, 2.75) is 26.0 Å². The fourth-order valence-corrected chi connectivity index (χ4v) is 2.66. The van der Waals surface area contributed by atoms with Crippen molar-refractivity contribution < 1.29 is 23.8 Å². The van der Waals surface area contributed by atoms with E-state index in [2.05, 4.69) is 5.32 Å². The Labute approximate surface area is 152 Å². The Morgan fingerprint density at radius 2 is 1.81 bits per heavy atom. The summed E-state index contributed by atoms with van der Waals surface area (Å²) in [7, 11) is 0. The predicted molar refractivity (Wildman–Crippen MR) is 95.6 cm³/mol. The summed E-state index contributed by atoms with van der Waals surface area (Å²) in [5, 5.41) is 2.63. The van der Waals surface area contributed by atoms with Crippen molar-refractivity contribution in [1.82, 2.24) is 5.32 Å². The minimum Gasteiger partial charge on any atom is -0.486 e. The number of nitrogens with one attached hydrogen (secondary N) is 1. The first kappa shape index (κ1) is 17.8. The molecule has 1 N–H and O–H groups in total. The van der Waals surface area contributed by atoms with E-state index in [9.17, 15) is 9.59 Å². The van der Waals surface area contributed by atoms with Crippen molar-refractivity contribution in [3.05, 3.63) is 59.7 Å². The molecule has 6 heteroatoms. The highest BCUT2D eigenvalue weighted by molar-refractivity contribution is 6.02. The molecule has 0 saturated carbocycles. The van der Waals surface area contributed by atoms with Crippen molar-refractivity contribution in [2.75, 3.05) is 13.2 Å². The molecule has 6 nitrogen and oxygen atoms in total. The Bertz CT molecular complexity index is 775. The second-order valence-corrected chi connectivity index (χ2v) is 5.89. The molecule has 0 aromatic heterocycles. The van der Waals surface area contributed by atoms with Crippen LogP contribution in [-0.4, -0.2) is 31.1 Å². The van der Waals surface area contributed by atoms with Gasteiger partial charge in [-0.2, -0.15) is 0 Å². The van der Waals surface area contributed by atoms with Crippen LogP contribution in [-0.2, 0) is 11.3 Å². The first-order chi connectivity index (χ1) is 12.7. The quantitative estimate of drug-likeness (QED) is 0.805. The zero-order chi connectivity index (χ0) is 18.4. The van der Waals surface area contributed by atoms with Gasteiger partial charge in [-0.15, -0.1) is 0 Å². The van der Waals surface area contributed by atoms with Gasteiger partial charge in [-0.25, -0.2) is 4.79 Å². The maximum absolute atomic E-state index is 12.7. The maximum Gasteiger partial charge on any atom is 0.408 e. The van der Waals surface area contributed by atoms with Crippen LogP contribution in [0.2, 0.25) is 0 Å². The molecule has 0 aliphatic carbocycles. The number of hydrogen-bond donors (Lipinski definition) is 1. The number of benzene rings is 2. The summed E-state index contributed by atoms with van der Waals surface area (Å²) in [6, 6.07) is 13.7. The van der Waals surface area contributed by atoms with Crippen LogP contribution in [0.5, 0.6) is 11.5 Å². The van der Waals surface area contributed by atoms with E-state index in [4.69, 9.17) is 14.2 Å². The Kier molecular flexibility index (Phi) is 5.73. The molecular weight excluding hydrogens is 334 g/mol. The largest absolute Gasteiger partial charge is 0.486 e. The normalized spacial score (nSPS) is 13.6. The van der Waals surface area contributed by atoms with Crippen LogP contribution < -0.4 is 14.8 Å². The fourth-order valence-electron chi connectivity index (χ4n) is 2.66. The monoisotopic (exact) mass is 355 g/mol. The molecule has 0 spiro atoms. The van der Waals surface area contributed by atoms with Crippen LogP contribution in [0.15, 0.2) is 48.5 Å². The van der Waals surface area contributed by atoms with Gasteiger partial charge in [0, 0.05) is 5.56 Å². The molecule has 1 aliphatic heterocycles. The van der Waals surface area contributed by atoms with Gasteiger partial charge in [-0.1, -0.05) is 37.3 Å². The standard InChI is InChI=1S/C20H21NO5/c1-2-16(21-20(23)26-13-14-6-4-3-5-7-14)19(22)15-8-9-17-18(12-15)25-11-10-24-17/h3-9,12,16H,2,10-11,13H2,1H3,(H,21,23)/t16-/m1/s1. The Balaban J connectivity index is 1.60. The summed E-state index contributed by atoms with van der Waals surface area (Å²) >= 11 is 0. The Morgan fingerprint density at radius 1 is 1.08 bits per heavy atom. The van der Waals surface area contributed by atoms with Crippen molar-refractivity contribution >= 4 is 11.9 Å². The first-order valence-electron chi connectivity index (χ1n) is 8.58. The van der Waals surface area contributed by atoms with Gasteiger partial charge >= 0.3 is 6.09 Å². The minimum atomic E-state index is -0.666. The molecule has 2 aromatic carbocycles. The molecule has 3 rings (SSSR count). The molecule has 0 radical (unpaired) electrons. The maximum atomic E-state index is 12.7. The zero-order valence-electron chi connectivity index (χ0n) is 14.6. The molecule has 26 heavy (non-hydrogen) atoms. The van der Waals surface area contributed by atoms with Gasteiger partial charge < -0.3 is 19.5 Å². The summed E-state index contributed by atoms with van der Waals surface area (Å²) in [6.45, 7) is 2.93. The van der Waals surface area contributed by atoms with E-state index in [1.54, 1.807) is 18.2 Å². The zero-order valence-corrected chi connectivity index (χ0v) is 14.6. The summed E-state index contributed by atoms with van der Waals surface area (Å²) < 4.78 is 16.2. The van der Waals surface area contributed by atoms with E-state index in [1.807, 2.05) is 37.3 Å². The minimum absolute atomic E-state index is 0.154. The van der Waals surface area contributed by atoms with E-state index in [1.165, 1.54) is 0 Å². The highest BCUT2D eigenvalue weighted by Gasteiger charge is 2.23. The Morgan fingerprint density at radius 3 is 2.54 bits per heavy atom. The fraction of sp³-hybridized carbons (Fsp3) is 0.300. The summed E-state index contributed by atoms with van der Waals surface area (Å²) in [5.41, 5.74) is 1.35. The number of Topliss-reactive ketones (excluding diaryl/α,β-unsaturated/α-hetero) is 1. The van der Waals surface area contributed by atoms with Crippen LogP contribution in [0.25, 0.3) is 0 Å². The highest BCUT2D eigenvalue weighted by Crippen LogP contribution is 2.31. The number of carbonyl (C=O) groups excluding carboxylic acids is 2. The van der Waals surface area contributed by atoms with Crippen molar-refractivity contribution in [2.24, 2.45) is 0 Å². The van der Waals surface area contributed by atoms with E-state index in [-0.39, 0.29) is 12.4 Å². The van der Waals surface area contributed by atoms with Gasteiger partial charge in [-0.3, -0.25) is 4.79 Å². The van der Waals surface area contributed by atoms with Gasteiger partial charge in [0.25, 0.3) is 0 Å². The SMILES string of the molecule is CC[C@@H](NC(=O)OCc1ccccc1)C(=O)c1ccc2c(c1)OCCO2.